The number of benzene rings is 1. The SMILES string of the molecule is CCNC(=NCc1ccc(OC)cc1)NCCCCN1CCOCC1. The first-order chi connectivity index (χ1) is 12.3. The number of rotatable bonds is 9. The van der Waals surface area contributed by atoms with Crippen LogP contribution in [-0.4, -0.2) is 63.9 Å². The predicted molar refractivity (Wildman–Crippen MR) is 102 cm³/mol. The largest absolute Gasteiger partial charge is 0.497 e. The number of morpholine rings is 1. The monoisotopic (exact) mass is 348 g/mol. The number of hydrogen-bond acceptors (Lipinski definition) is 4. The topological polar surface area (TPSA) is 58.1 Å². The highest BCUT2D eigenvalue weighted by molar-refractivity contribution is 5.79. The third-order valence-corrected chi connectivity index (χ3v) is 4.22. The van der Waals surface area contributed by atoms with Crippen LogP contribution in [0.5, 0.6) is 5.75 Å². The van der Waals surface area contributed by atoms with Crippen molar-refractivity contribution < 1.29 is 9.47 Å². The number of unbranched alkanes of at least 4 members (excludes halogenated alkanes) is 1. The van der Waals surface area contributed by atoms with Crippen LogP contribution in [0, 0.1) is 0 Å². The average molecular weight is 348 g/mol. The van der Waals surface area contributed by atoms with Gasteiger partial charge in [0.15, 0.2) is 5.96 Å². The highest BCUT2D eigenvalue weighted by atomic mass is 16.5. The smallest absolute Gasteiger partial charge is 0.191 e. The Bertz CT molecular complexity index is 499. The Hall–Kier alpha value is -1.79. The molecule has 0 saturated carbocycles. The van der Waals surface area contributed by atoms with E-state index in [2.05, 4.69) is 27.4 Å². The molecule has 1 aliphatic heterocycles. The molecule has 0 spiro atoms. The summed E-state index contributed by atoms with van der Waals surface area (Å²) < 4.78 is 10.6. The van der Waals surface area contributed by atoms with Crippen LogP contribution in [0.2, 0.25) is 0 Å². The van der Waals surface area contributed by atoms with Gasteiger partial charge in [0.1, 0.15) is 5.75 Å². The van der Waals surface area contributed by atoms with Crippen LogP contribution in [0.3, 0.4) is 0 Å². The summed E-state index contributed by atoms with van der Waals surface area (Å²) in [6, 6.07) is 8.04. The molecule has 6 heteroatoms. The molecule has 25 heavy (non-hydrogen) atoms. The normalized spacial score (nSPS) is 15.8. The highest BCUT2D eigenvalue weighted by Crippen LogP contribution is 2.11. The van der Waals surface area contributed by atoms with Gasteiger partial charge < -0.3 is 20.1 Å². The Morgan fingerprint density at radius 2 is 1.92 bits per heavy atom. The number of nitrogens with zero attached hydrogens (tertiary/aromatic N) is 2. The Morgan fingerprint density at radius 1 is 1.16 bits per heavy atom. The quantitative estimate of drug-likeness (QED) is 0.405. The van der Waals surface area contributed by atoms with Gasteiger partial charge in [-0.3, -0.25) is 4.90 Å². The Labute approximate surface area is 151 Å². The molecule has 1 fully saturated rings. The first kappa shape index (κ1) is 19.5. The Kier molecular flexibility index (Phi) is 9.15. The third kappa shape index (κ3) is 7.75. The zero-order chi connectivity index (χ0) is 17.7. The fourth-order valence-electron chi connectivity index (χ4n) is 2.74. The minimum atomic E-state index is 0.660. The highest BCUT2D eigenvalue weighted by Gasteiger charge is 2.09. The van der Waals surface area contributed by atoms with Crippen molar-refractivity contribution in [3.63, 3.8) is 0 Å². The van der Waals surface area contributed by atoms with E-state index in [0.29, 0.717) is 6.54 Å². The molecule has 0 atom stereocenters. The van der Waals surface area contributed by atoms with E-state index in [0.717, 1.165) is 64.1 Å². The summed E-state index contributed by atoms with van der Waals surface area (Å²) in [5.74, 6) is 1.75. The van der Waals surface area contributed by atoms with Crippen LogP contribution in [0.15, 0.2) is 29.3 Å². The van der Waals surface area contributed by atoms with Crippen LogP contribution in [0.1, 0.15) is 25.3 Å². The van der Waals surface area contributed by atoms with Crippen LogP contribution in [0.25, 0.3) is 0 Å². The van der Waals surface area contributed by atoms with Gasteiger partial charge in [-0.25, -0.2) is 4.99 Å². The molecule has 0 aliphatic carbocycles. The summed E-state index contributed by atoms with van der Waals surface area (Å²) in [5.41, 5.74) is 1.17. The molecule has 140 valence electrons. The van der Waals surface area contributed by atoms with Crippen LogP contribution < -0.4 is 15.4 Å². The number of aliphatic imine (C=N–C) groups is 1. The molecule has 1 heterocycles. The van der Waals surface area contributed by atoms with Crippen molar-refractivity contribution >= 4 is 5.96 Å². The van der Waals surface area contributed by atoms with Gasteiger partial charge >= 0.3 is 0 Å². The zero-order valence-corrected chi connectivity index (χ0v) is 15.6. The first-order valence-electron chi connectivity index (χ1n) is 9.27. The van der Waals surface area contributed by atoms with Gasteiger partial charge in [-0.2, -0.15) is 0 Å². The van der Waals surface area contributed by atoms with E-state index in [1.807, 2.05) is 24.3 Å². The van der Waals surface area contributed by atoms with E-state index in [1.54, 1.807) is 7.11 Å². The lowest BCUT2D eigenvalue weighted by molar-refractivity contribution is 0.0372. The van der Waals surface area contributed by atoms with Gasteiger partial charge in [-0.1, -0.05) is 12.1 Å². The Morgan fingerprint density at radius 3 is 2.60 bits per heavy atom. The summed E-state index contributed by atoms with van der Waals surface area (Å²) in [6.45, 7) is 9.60. The van der Waals surface area contributed by atoms with Gasteiger partial charge in [-0.15, -0.1) is 0 Å². The molecule has 0 bridgehead atoms. The number of nitrogens with one attached hydrogen (secondary N) is 2. The molecule has 1 aliphatic rings. The number of guanidine groups is 1. The summed E-state index contributed by atoms with van der Waals surface area (Å²) in [6.07, 6.45) is 2.34. The van der Waals surface area contributed by atoms with E-state index in [1.165, 1.54) is 12.0 Å². The van der Waals surface area contributed by atoms with Crippen LogP contribution in [-0.2, 0) is 11.3 Å². The van der Waals surface area contributed by atoms with Crippen molar-refractivity contribution in [3.8, 4) is 5.75 Å². The van der Waals surface area contributed by atoms with Crippen molar-refractivity contribution in [2.75, 3.05) is 53.0 Å². The predicted octanol–water partition coefficient (Wildman–Crippen LogP) is 1.86. The Balaban J connectivity index is 1.67. The van der Waals surface area contributed by atoms with Crippen molar-refractivity contribution in [2.45, 2.75) is 26.3 Å². The summed E-state index contributed by atoms with van der Waals surface area (Å²) in [5, 5.41) is 6.73. The molecule has 2 rings (SSSR count). The summed E-state index contributed by atoms with van der Waals surface area (Å²) in [4.78, 5) is 7.13. The molecule has 0 amide bonds. The molecule has 0 unspecified atom stereocenters. The van der Waals surface area contributed by atoms with Crippen molar-refractivity contribution in [2.24, 2.45) is 4.99 Å². The van der Waals surface area contributed by atoms with E-state index < -0.39 is 0 Å². The standard InChI is InChI=1S/C19H32N4O2/c1-3-20-19(22-16-17-6-8-18(24-2)9-7-17)21-10-4-5-11-23-12-14-25-15-13-23/h6-9H,3-5,10-16H2,1-2H3,(H2,20,21,22). The van der Waals surface area contributed by atoms with E-state index in [4.69, 9.17) is 9.47 Å². The molecule has 1 aromatic rings. The first-order valence-corrected chi connectivity index (χ1v) is 9.27. The lowest BCUT2D eigenvalue weighted by Gasteiger charge is -2.26. The maximum atomic E-state index is 5.38. The molecule has 6 nitrogen and oxygen atoms in total. The third-order valence-electron chi connectivity index (χ3n) is 4.22. The van der Waals surface area contributed by atoms with Crippen LogP contribution >= 0.6 is 0 Å². The number of methoxy groups -OCH3 is 1. The maximum absolute atomic E-state index is 5.38. The second kappa shape index (κ2) is 11.7. The van der Waals surface area contributed by atoms with Crippen molar-refractivity contribution in [1.82, 2.24) is 15.5 Å². The van der Waals surface area contributed by atoms with Gasteiger partial charge in [0.25, 0.3) is 0 Å². The molecule has 0 aromatic heterocycles. The number of hydrogen-bond donors (Lipinski definition) is 2. The second-order valence-electron chi connectivity index (χ2n) is 6.13. The van der Waals surface area contributed by atoms with Gasteiger partial charge in [0.05, 0.1) is 26.9 Å². The van der Waals surface area contributed by atoms with E-state index >= 15 is 0 Å². The zero-order valence-electron chi connectivity index (χ0n) is 15.6. The lowest BCUT2D eigenvalue weighted by atomic mass is 10.2. The molecular weight excluding hydrogens is 316 g/mol. The molecule has 1 saturated heterocycles. The minimum absolute atomic E-state index is 0.660. The summed E-state index contributed by atoms with van der Waals surface area (Å²) >= 11 is 0. The molecule has 1 aromatic carbocycles. The van der Waals surface area contributed by atoms with Gasteiger partial charge in [0, 0.05) is 26.2 Å². The van der Waals surface area contributed by atoms with Gasteiger partial charge in [0.2, 0.25) is 0 Å². The summed E-state index contributed by atoms with van der Waals surface area (Å²) in [7, 11) is 1.68. The minimum Gasteiger partial charge on any atom is -0.497 e. The van der Waals surface area contributed by atoms with Gasteiger partial charge in [-0.05, 0) is 44.0 Å². The molecule has 0 radical (unpaired) electrons. The number of ether oxygens (including phenoxy) is 2. The van der Waals surface area contributed by atoms with Crippen molar-refractivity contribution in [1.29, 1.82) is 0 Å². The molecule has 2 N–H and O–H groups in total. The van der Waals surface area contributed by atoms with Crippen molar-refractivity contribution in [3.05, 3.63) is 29.8 Å². The maximum Gasteiger partial charge on any atom is 0.191 e. The fraction of sp³-hybridized carbons (Fsp3) is 0.632. The fourth-order valence-corrected chi connectivity index (χ4v) is 2.74. The van der Waals surface area contributed by atoms with E-state index in [9.17, 15) is 0 Å². The molecular formula is C19H32N4O2. The van der Waals surface area contributed by atoms with E-state index in [-0.39, 0.29) is 0 Å². The van der Waals surface area contributed by atoms with Crippen LogP contribution in [0.4, 0.5) is 0 Å². The lowest BCUT2D eigenvalue weighted by Crippen LogP contribution is -2.39. The average Bonchev–Trinajstić information content (AvgIpc) is 2.67. The second-order valence-corrected chi connectivity index (χ2v) is 6.13.